The van der Waals surface area contributed by atoms with Gasteiger partial charge in [0.1, 0.15) is 18.0 Å². The Bertz CT molecular complexity index is 865. The third kappa shape index (κ3) is 4.91. The van der Waals surface area contributed by atoms with Crippen molar-refractivity contribution in [1.29, 1.82) is 0 Å². The molecule has 2 aliphatic rings. The maximum atomic E-state index is 12.7. The Labute approximate surface area is 181 Å². The fraction of sp³-hybridized carbons (Fsp3) is 0.458. The number of carbonyl (C=O) groups excluding carboxylic acids is 1. The molecule has 0 radical (unpaired) electrons. The average molecular weight is 428 g/mol. The van der Waals surface area contributed by atoms with E-state index in [9.17, 15) is 9.90 Å². The van der Waals surface area contributed by atoms with Crippen molar-refractivity contribution in [2.24, 2.45) is 5.41 Å². The van der Waals surface area contributed by atoms with Gasteiger partial charge in [0.05, 0.1) is 12.0 Å². The summed E-state index contributed by atoms with van der Waals surface area (Å²) >= 11 is 0. The third-order valence-electron chi connectivity index (χ3n) is 5.23. The molecule has 2 unspecified atom stereocenters. The van der Waals surface area contributed by atoms with E-state index in [1.54, 1.807) is 32.9 Å². The van der Waals surface area contributed by atoms with Crippen LogP contribution in [0.15, 0.2) is 60.7 Å². The highest BCUT2D eigenvalue weighted by molar-refractivity contribution is 5.75. The Hall–Kier alpha value is -2.45. The molecule has 166 valence electrons. The number of carbonyl (C=O) groups is 1. The Kier molecular flexibility index (Phi) is 6.29. The van der Waals surface area contributed by atoms with Gasteiger partial charge in [0.15, 0.2) is 18.5 Å². The first-order chi connectivity index (χ1) is 14.8. The zero-order valence-corrected chi connectivity index (χ0v) is 17.8. The molecular weight excluding hydrogens is 400 g/mol. The molecule has 0 aromatic heterocycles. The topological polar surface area (TPSA) is 83.5 Å². The normalized spacial score (nSPS) is 30.8. The summed E-state index contributed by atoms with van der Waals surface area (Å²) in [6.45, 7) is 5.48. The SMILES string of the molecule is CC(C)(C)C(=O)O[C@H]1C2O[C@H](c3ccccc3)OCC2O[C@@H](Oc2ccccc2)[C@@H]1O. The predicted molar refractivity (Wildman–Crippen MR) is 111 cm³/mol. The van der Waals surface area contributed by atoms with Crippen LogP contribution in [0.4, 0.5) is 0 Å². The highest BCUT2D eigenvalue weighted by Gasteiger charge is 2.53. The first kappa shape index (κ1) is 21.8. The molecule has 0 aliphatic carbocycles. The second-order valence-corrected chi connectivity index (χ2v) is 8.76. The fourth-order valence-corrected chi connectivity index (χ4v) is 3.51. The summed E-state index contributed by atoms with van der Waals surface area (Å²) in [5, 5.41) is 11.1. The summed E-state index contributed by atoms with van der Waals surface area (Å²) < 4.78 is 29.6. The van der Waals surface area contributed by atoms with Crippen molar-refractivity contribution in [2.45, 2.75) is 57.8 Å². The van der Waals surface area contributed by atoms with E-state index in [1.807, 2.05) is 48.5 Å². The molecule has 7 nitrogen and oxygen atoms in total. The van der Waals surface area contributed by atoms with Crippen molar-refractivity contribution < 1.29 is 33.6 Å². The lowest BCUT2D eigenvalue weighted by molar-refractivity contribution is -0.351. The van der Waals surface area contributed by atoms with E-state index in [2.05, 4.69) is 0 Å². The summed E-state index contributed by atoms with van der Waals surface area (Å²) in [7, 11) is 0. The molecule has 2 fully saturated rings. The molecule has 4 rings (SSSR count). The molecule has 2 heterocycles. The van der Waals surface area contributed by atoms with Crippen LogP contribution in [0, 0.1) is 5.41 Å². The second-order valence-electron chi connectivity index (χ2n) is 8.76. The van der Waals surface area contributed by atoms with Crippen molar-refractivity contribution in [2.75, 3.05) is 6.61 Å². The molecule has 6 atom stereocenters. The number of hydrogen-bond donors (Lipinski definition) is 1. The van der Waals surface area contributed by atoms with Crippen molar-refractivity contribution in [1.82, 2.24) is 0 Å². The maximum absolute atomic E-state index is 12.7. The quantitative estimate of drug-likeness (QED) is 0.749. The Morgan fingerprint density at radius 2 is 1.65 bits per heavy atom. The standard InChI is InChI=1S/C24H28O7/c1-24(2,3)23(26)31-20-18(25)22(28-16-12-8-5-9-13-16)29-17-14-27-21(30-19(17)20)15-10-6-4-7-11-15/h4-13,17-22,25H,14H2,1-3H3/t17?,18-,19?,20-,21-,22-/m1/s1. The van der Waals surface area contributed by atoms with Crippen molar-refractivity contribution in [3.05, 3.63) is 66.2 Å². The van der Waals surface area contributed by atoms with Crippen LogP contribution in [-0.4, -0.2) is 48.4 Å². The van der Waals surface area contributed by atoms with Gasteiger partial charge >= 0.3 is 5.97 Å². The minimum atomic E-state index is -1.25. The summed E-state index contributed by atoms with van der Waals surface area (Å²) in [4.78, 5) is 12.7. The Balaban J connectivity index is 1.57. The van der Waals surface area contributed by atoms with Crippen LogP contribution >= 0.6 is 0 Å². The molecule has 7 heteroatoms. The van der Waals surface area contributed by atoms with E-state index in [4.69, 9.17) is 23.7 Å². The van der Waals surface area contributed by atoms with Crippen LogP contribution in [0.2, 0.25) is 0 Å². The van der Waals surface area contributed by atoms with Crippen LogP contribution in [0.5, 0.6) is 5.75 Å². The smallest absolute Gasteiger partial charge is 0.311 e. The molecule has 2 aromatic carbocycles. The zero-order chi connectivity index (χ0) is 22.0. The predicted octanol–water partition coefficient (Wildman–Crippen LogP) is 3.22. The van der Waals surface area contributed by atoms with E-state index >= 15 is 0 Å². The maximum Gasteiger partial charge on any atom is 0.311 e. The minimum absolute atomic E-state index is 0.204. The minimum Gasteiger partial charge on any atom is -0.462 e. The highest BCUT2D eigenvalue weighted by Crippen LogP contribution is 2.36. The van der Waals surface area contributed by atoms with Gasteiger partial charge in [-0.25, -0.2) is 0 Å². The lowest BCUT2D eigenvalue weighted by atomic mass is 9.94. The summed E-state index contributed by atoms with van der Waals surface area (Å²) in [5.74, 6) is 0.0905. The van der Waals surface area contributed by atoms with E-state index in [0.29, 0.717) is 5.75 Å². The highest BCUT2D eigenvalue weighted by atomic mass is 16.8. The van der Waals surface area contributed by atoms with Crippen LogP contribution in [0.25, 0.3) is 0 Å². The lowest BCUT2D eigenvalue weighted by Crippen LogP contribution is -2.64. The number of esters is 1. The Morgan fingerprint density at radius 3 is 2.29 bits per heavy atom. The van der Waals surface area contributed by atoms with Gasteiger partial charge in [-0.3, -0.25) is 4.79 Å². The molecule has 2 aliphatic heterocycles. The van der Waals surface area contributed by atoms with Gasteiger partial charge in [0.2, 0.25) is 6.29 Å². The van der Waals surface area contributed by atoms with Crippen LogP contribution in [-0.2, 0) is 23.7 Å². The van der Waals surface area contributed by atoms with Gasteiger partial charge in [0, 0.05) is 5.56 Å². The van der Waals surface area contributed by atoms with Crippen LogP contribution < -0.4 is 4.74 Å². The number of aliphatic hydroxyl groups excluding tert-OH is 1. The van der Waals surface area contributed by atoms with Gasteiger partial charge in [-0.2, -0.15) is 0 Å². The second kappa shape index (κ2) is 8.96. The van der Waals surface area contributed by atoms with E-state index in [0.717, 1.165) is 5.56 Å². The molecule has 0 bridgehead atoms. The van der Waals surface area contributed by atoms with Gasteiger partial charge in [-0.15, -0.1) is 0 Å². The largest absolute Gasteiger partial charge is 0.462 e. The number of ether oxygens (including phenoxy) is 5. The molecule has 31 heavy (non-hydrogen) atoms. The van der Waals surface area contributed by atoms with Crippen LogP contribution in [0.3, 0.4) is 0 Å². The first-order valence-electron chi connectivity index (χ1n) is 10.4. The van der Waals surface area contributed by atoms with E-state index in [-0.39, 0.29) is 6.61 Å². The molecule has 2 saturated heterocycles. The third-order valence-corrected chi connectivity index (χ3v) is 5.23. The fourth-order valence-electron chi connectivity index (χ4n) is 3.51. The lowest BCUT2D eigenvalue weighted by Gasteiger charge is -2.47. The number of benzene rings is 2. The van der Waals surface area contributed by atoms with Crippen molar-refractivity contribution in [3.8, 4) is 5.75 Å². The van der Waals surface area contributed by atoms with Gasteiger partial charge in [0.25, 0.3) is 0 Å². The molecule has 0 spiro atoms. The first-order valence-corrected chi connectivity index (χ1v) is 10.4. The van der Waals surface area contributed by atoms with Crippen molar-refractivity contribution >= 4 is 5.97 Å². The number of rotatable bonds is 4. The zero-order valence-electron chi connectivity index (χ0n) is 17.8. The van der Waals surface area contributed by atoms with Gasteiger partial charge < -0.3 is 28.8 Å². The summed E-state index contributed by atoms with van der Waals surface area (Å²) in [6, 6.07) is 18.5. The van der Waals surface area contributed by atoms with E-state index < -0.39 is 48.4 Å². The summed E-state index contributed by atoms with van der Waals surface area (Å²) in [6.07, 6.45) is -5.20. The number of hydrogen-bond acceptors (Lipinski definition) is 7. The van der Waals surface area contributed by atoms with Crippen LogP contribution in [0.1, 0.15) is 32.6 Å². The van der Waals surface area contributed by atoms with E-state index in [1.165, 1.54) is 0 Å². The number of para-hydroxylation sites is 1. The molecular formula is C24H28O7. The average Bonchev–Trinajstić information content (AvgIpc) is 2.77. The molecule has 0 saturated carbocycles. The molecule has 0 amide bonds. The van der Waals surface area contributed by atoms with Gasteiger partial charge in [-0.05, 0) is 32.9 Å². The summed E-state index contributed by atoms with van der Waals surface area (Å²) in [5.41, 5.74) is 0.0896. The molecule has 1 N–H and O–H groups in total. The molecule has 2 aromatic rings. The van der Waals surface area contributed by atoms with Crippen molar-refractivity contribution in [3.63, 3.8) is 0 Å². The monoisotopic (exact) mass is 428 g/mol. The Morgan fingerprint density at radius 1 is 1.00 bits per heavy atom. The number of fused-ring (bicyclic) bond motifs is 1. The number of aliphatic hydroxyl groups is 1. The van der Waals surface area contributed by atoms with Gasteiger partial charge in [-0.1, -0.05) is 48.5 Å².